The highest BCUT2D eigenvalue weighted by atomic mass is 35.5. The average Bonchev–Trinajstić information content (AvgIpc) is 3.25. The van der Waals surface area contributed by atoms with Gasteiger partial charge in [-0.25, -0.2) is 4.98 Å². The van der Waals surface area contributed by atoms with Gasteiger partial charge in [-0.15, -0.1) is 0 Å². The molecule has 2 unspecified atom stereocenters. The van der Waals surface area contributed by atoms with Crippen LogP contribution in [-0.2, 0) is 4.79 Å². The van der Waals surface area contributed by atoms with Gasteiger partial charge in [0.15, 0.2) is 16.6 Å². The van der Waals surface area contributed by atoms with Gasteiger partial charge in [0, 0.05) is 26.2 Å². The minimum absolute atomic E-state index is 0.0457. The van der Waals surface area contributed by atoms with Gasteiger partial charge < -0.3 is 24.0 Å². The Bertz CT molecular complexity index is 1130. The lowest BCUT2D eigenvalue weighted by molar-refractivity contribution is -0.144. The number of amides is 1. The molecule has 3 heterocycles. The number of hydrogen-bond donors (Lipinski definition) is 0. The van der Waals surface area contributed by atoms with Crippen molar-refractivity contribution < 1.29 is 19.0 Å². The Morgan fingerprint density at radius 1 is 1.13 bits per heavy atom. The molecule has 0 saturated carbocycles. The fourth-order valence-electron chi connectivity index (χ4n) is 3.93. The van der Waals surface area contributed by atoms with E-state index in [-0.39, 0.29) is 12.0 Å². The van der Waals surface area contributed by atoms with E-state index >= 15 is 0 Å². The van der Waals surface area contributed by atoms with E-state index in [2.05, 4.69) is 4.90 Å². The molecule has 2 aliphatic heterocycles. The molecule has 1 amide bonds. The Morgan fingerprint density at radius 2 is 1.84 bits per heavy atom. The second-order valence-corrected chi connectivity index (χ2v) is 8.93. The smallest absolute Gasteiger partial charge is 0.267 e. The van der Waals surface area contributed by atoms with Crippen LogP contribution in [0.4, 0.5) is 5.13 Å². The Kier molecular flexibility index (Phi) is 5.27. The molecule has 1 fully saturated rings. The van der Waals surface area contributed by atoms with Crippen molar-refractivity contribution in [3.8, 4) is 17.2 Å². The Morgan fingerprint density at radius 3 is 2.55 bits per heavy atom. The van der Waals surface area contributed by atoms with Gasteiger partial charge >= 0.3 is 0 Å². The Balaban J connectivity index is 1.28. The van der Waals surface area contributed by atoms with Gasteiger partial charge in [-0.2, -0.15) is 0 Å². The summed E-state index contributed by atoms with van der Waals surface area (Å²) in [7, 11) is 1.63. The van der Waals surface area contributed by atoms with Crippen LogP contribution >= 0.6 is 22.9 Å². The highest BCUT2D eigenvalue weighted by molar-refractivity contribution is 7.22. The van der Waals surface area contributed by atoms with Crippen LogP contribution in [0.25, 0.3) is 10.2 Å². The monoisotopic (exact) mass is 459 g/mol. The predicted molar refractivity (Wildman–Crippen MR) is 121 cm³/mol. The van der Waals surface area contributed by atoms with Crippen molar-refractivity contribution >= 4 is 44.2 Å². The molecule has 2 atom stereocenters. The number of benzene rings is 2. The average molecular weight is 460 g/mol. The van der Waals surface area contributed by atoms with Gasteiger partial charge in [0.1, 0.15) is 17.4 Å². The first-order valence-electron chi connectivity index (χ1n) is 10.1. The zero-order valence-electron chi connectivity index (χ0n) is 17.2. The molecule has 5 rings (SSSR count). The molecule has 0 radical (unpaired) electrons. The number of methoxy groups -OCH3 is 1. The fourth-order valence-corrected chi connectivity index (χ4v) is 5.24. The summed E-state index contributed by atoms with van der Waals surface area (Å²) in [5.74, 6) is 1.95. The third-order valence-electron chi connectivity index (χ3n) is 5.61. The molecule has 0 N–H and O–H groups in total. The Hall–Kier alpha value is -2.71. The number of para-hydroxylation sites is 2. The van der Waals surface area contributed by atoms with Crippen LogP contribution in [-0.4, -0.2) is 61.3 Å². The topological polar surface area (TPSA) is 64.1 Å². The predicted octanol–water partition coefficient (Wildman–Crippen LogP) is 3.84. The molecular formula is C22H22ClN3O4S. The number of rotatable bonds is 3. The second kappa shape index (κ2) is 8.09. The first-order valence-corrected chi connectivity index (χ1v) is 11.3. The van der Waals surface area contributed by atoms with Crippen LogP contribution in [0.3, 0.4) is 0 Å². The lowest BCUT2D eigenvalue weighted by atomic mass is 10.1. The standard InChI is InChI=1S/C22H22ClN3O4S/c1-13-19(30-16-6-4-3-5-15(16)29-13)21(27)25-9-11-26(12-10-25)22-24-18-17(28-2)8-7-14(23)20(18)31-22/h3-8,13,19H,9-12H2,1-2H3. The normalized spacial score (nSPS) is 20.7. The molecule has 31 heavy (non-hydrogen) atoms. The highest BCUT2D eigenvalue weighted by Crippen LogP contribution is 2.39. The summed E-state index contributed by atoms with van der Waals surface area (Å²) in [6.45, 7) is 4.42. The first kappa shape index (κ1) is 20.2. The molecule has 7 nitrogen and oxygen atoms in total. The number of halogens is 1. The molecule has 0 bridgehead atoms. The van der Waals surface area contributed by atoms with Gasteiger partial charge in [-0.1, -0.05) is 35.1 Å². The summed E-state index contributed by atoms with van der Waals surface area (Å²) in [6.07, 6.45) is -0.994. The van der Waals surface area contributed by atoms with Crippen molar-refractivity contribution in [2.45, 2.75) is 19.1 Å². The number of ether oxygens (including phenoxy) is 3. The molecule has 2 aliphatic rings. The molecule has 1 saturated heterocycles. The van der Waals surface area contributed by atoms with Crippen LogP contribution < -0.4 is 19.1 Å². The number of piperazine rings is 1. The second-order valence-electron chi connectivity index (χ2n) is 7.54. The minimum Gasteiger partial charge on any atom is -0.494 e. The molecule has 162 valence electrons. The van der Waals surface area contributed by atoms with E-state index in [1.165, 1.54) is 0 Å². The fraction of sp³-hybridized carbons (Fsp3) is 0.364. The molecule has 2 aromatic carbocycles. The number of hydrogen-bond acceptors (Lipinski definition) is 7. The molecule has 3 aromatic rings. The van der Waals surface area contributed by atoms with E-state index in [1.807, 2.05) is 48.2 Å². The number of fused-ring (bicyclic) bond motifs is 2. The molecule has 0 aliphatic carbocycles. The highest BCUT2D eigenvalue weighted by Gasteiger charge is 2.38. The zero-order chi connectivity index (χ0) is 21.5. The molecule has 9 heteroatoms. The Labute approximate surface area is 189 Å². The van der Waals surface area contributed by atoms with E-state index in [4.69, 9.17) is 30.8 Å². The number of nitrogens with zero attached hydrogens (tertiary/aromatic N) is 3. The van der Waals surface area contributed by atoms with Crippen molar-refractivity contribution in [2.75, 3.05) is 38.2 Å². The van der Waals surface area contributed by atoms with Crippen molar-refractivity contribution in [3.05, 3.63) is 41.4 Å². The summed E-state index contributed by atoms with van der Waals surface area (Å²) in [6, 6.07) is 11.1. The lowest BCUT2D eigenvalue weighted by Gasteiger charge is -2.38. The maximum absolute atomic E-state index is 13.1. The number of carbonyl (C=O) groups is 1. The van der Waals surface area contributed by atoms with Crippen LogP contribution in [0, 0.1) is 0 Å². The third-order valence-corrected chi connectivity index (χ3v) is 7.19. The molecular weight excluding hydrogens is 438 g/mol. The maximum atomic E-state index is 13.1. The van der Waals surface area contributed by atoms with E-state index < -0.39 is 6.10 Å². The van der Waals surface area contributed by atoms with Crippen molar-refractivity contribution in [3.63, 3.8) is 0 Å². The van der Waals surface area contributed by atoms with E-state index in [0.717, 1.165) is 15.3 Å². The molecule has 1 aromatic heterocycles. The van der Waals surface area contributed by atoms with E-state index in [1.54, 1.807) is 18.4 Å². The van der Waals surface area contributed by atoms with Gasteiger partial charge in [0.2, 0.25) is 6.10 Å². The van der Waals surface area contributed by atoms with Gasteiger partial charge in [-0.05, 0) is 31.2 Å². The van der Waals surface area contributed by atoms with Crippen LogP contribution in [0.15, 0.2) is 36.4 Å². The number of aromatic nitrogens is 1. The van der Waals surface area contributed by atoms with Crippen molar-refractivity contribution in [1.29, 1.82) is 0 Å². The van der Waals surface area contributed by atoms with Gasteiger partial charge in [0.05, 0.1) is 16.8 Å². The minimum atomic E-state index is -0.646. The number of anilines is 1. The van der Waals surface area contributed by atoms with Crippen molar-refractivity contribution in [1.82, 2.24) is 9.88 Å². The summed E-state index contributed by atoms with van der Waals surface area (Å²) >= 11 is 7.90. The van der Waals surface area contributed by atoms with Crippen LogP contribution in [0.2, 0.25) is 5.02 Å². The third kappa shape index (κ3) is 3.64. The number of thiazole rings is 1. The number of carbonyl (C=O) groups excluding carboxylic acids is 1. The van der Waals surface area contributed by atoms with E-state index in [0.29, 0.717) is 48.5 Å². The largest absolute Gasteiger partial charge is 0.494 e. The first-order chi connectivity index (χ1) is 15.0. The summed E-state index contributed by atoms with van der Waals surface area (Å²) in [4.78, 5) is 21.9. The van der Waals surface area contributed by atoms with Gasteiger partial charge in [-0.3, -0.25) is 4.79 Å². The van der Waals surface area contributed by atoms with Crippen molar-refractivity contribution in [2.24, 2.45) is 0 Å². The van der Waals surface area contributed by atoms with E-state index in [9.17, 15) is 4.79 Å². The SMILES string of the molecule is COc1ccc(Cl)c2sc(N3CCN(C(=O)C4Oc5ccccc5OC4C)CC3)nc12. The quantitative estimate of drug-likeness (QED) is 0.593. The maximum Gasteiger partial charge on any atom is 0.267 e. The lowest BCUT2D eigenvalue weighted by Crippen LogP contribution is -2.56. The van der Waals surface area contributed by atoms with Gasteiger partial charge in [0.25, 0.3) is 5.91 Å². The summed E-state index contributed by atoms with van der Waals surface area (Å²) in [5, 5.41) is 1.55. The zero-order valence-corrected chi connectivity index (χ0v) is 18.8. The summed E-state index contributed by atoms with van der Waals surface area (Å²) in [5.41, 5.74) is 0.772. The summed E-state index contributed by atoms with van der Waals surface area (Å²) < 4.78 is 18.2. The van der Waals surface area contributed by atoms with Crippen LogP contribution in [0.1, 0.15) is 6.92 Å². The van der Waals surface area contributed by atoms with Crippen LogP contribution in [0.5, 0.6) is 17.2 Å². The molecule has 0 spiro atoms.